The van der Waals surface area contributed by atoms with E-state index in [-0.39, 0.29) is 23.1 Å². The average molecular weight is 479 g/mol. The summed E-state index contributed by atoms with van der Waals surface area (Å²) >= 11 is 0. The zero-order valence-electron chi connectivity index (χ0n) is 21.3. The zero-order chi connectivity index (χ0) is 25.2. The number of furan rings is 1. The molecule has 9 heteroatoms. The number of ether oxygens (including phenoxy) is 1. The highest BCUT2D eigenvalue weighted by Crippen LogP contribution is 2.32. The minimum atomic E-state index is -0.293. The molecule has 35 heavy (non-hydrogen) atoms. The normalized spacial score (nSPS) is 13.1. The summed E-state index contributed by atoms with van der Waals surface area (Å²) in [6, 6.07) is 11.3. The molecule has 0 unspecified atom stereocenters. The van der Waals surface area contributed by atoms with E-state index >= 15 is 0 Å². The zero-order valence-corrected chi connectivity index (χ0v) is 21.3. The number of pyridine rings is 1. The fourth-order valence-electron chi connectivity index (χ4n) is 4.42. The number of hydrogen-bond donors (Lipinski definition) is 1. The lowest BCUT2D eigenvalue weighted by molar-refractivity contribution is 0.111. The Labute approximate surface area is 205 Å². The van der Waals surface area contributed by atoms with Crippen LogP contribution in [0.3, 0.4) is 0 Å². The van der Waals surface area contributed by atoms with Crippen molar-refractivity contribution in [3.63, 3.8) is 0 Å². The molecular formula is C26H34N6O3. The van der Waals surface area contributed by atoms with Crippen LogP contribution in [0.5, 0.6) is 5.75 Å². The highest BCUT2D eigenvalue weighted by Gasteiger charge is 2.33. The topological polar surface area (TPSA) is 102 Å². The van der Waals surface area contributed by atoms with E-state index in [1.807, 2.05) is 48.0 Å². The number of tetrazole rings is 1. The highest BCUT2D eigenvalue weighted by atomic mass is 16.5. The molecule has 9 nitrogen and oxygen atoms in total. The SMILES string of the molecule is CCOc1ccc2[nH]c(=O)c(CN(Cc3ccco3)[C@@H](c3nnnn3C(C)(C)C)C(C)C)cc2c1. The third-order valence-corrected chi connectivity index (χ3v) is 5.93. The van der Waals surface area contributed by atoms with E-state index < -0.39 is 0 Å². The van der Waals surface area contributed by atoms with Gasteiger partial charge in [-0.1, -0.05) is 13.8 Å². The first kappa shape index (κ1) is 24.7. The summed E-state index contributed by atoms with van der Waals surface area (Å²) < 4.78 is 13.2. The quantitative estimate of drug-likeness (QED) is 0.373. The molecule has 0 spiro atoms. The molecule has 0 aliphatic carbocycles. The third kappa shape index (κ3) is 5.45. The number of nitrogens with zero attached hydrogens (tertiary/aromatic N) is 5. The predicted octanol–water partition coefficient (Wildman–Crippen LogP) is 4.66. The van der Waals surface area contributed by atoms with Crippen LogP contribution in [0.1, 0.15) is 64.7 Å². The van der Waals surface area contributed by atoms with Crippen molar-refractivity contribution in [2.45, 2.75) is 66.2 Å². The first-order valence-electron chi connectivity index (χ1n) is 12.0. The molecule has 1 N–H and O–H groups in total. The maximum atomic E-state index is 13.1. The molecule has 3 aromatic heterocycles. The second kappa shape index (κ2) is 10.0. The second-order valence-electron chi connectivity index (χ2n) is 10.1. The van der Waals surface area contributed by atoms with Crippen LogP contribution < -0.4 is 10.3 Å². The van der Waals surface area contributed by atoms with Gasteiger partial charge in [-0.25, -0.2) is 4.68 Å². The molecule has 0 saturated heterocycles. The van der Waals surface area contributed by atoms with Gasteiger partial charge in [0.25, 0.3) is 5.56 Å². The first-order valence-corrected chi connectivity index (χ1v) is 12.0. The van der Waals surface area contributed by atoms with Crippen molar-refractivity contribution >= 4 is 10.9 Å². The van der Waals surface area contributed by atoms with Gasteiger partial charge in [0.1, 0.15) is 11.5 Å². The van der Waals surface area contributed by atoms with Crippen LogP contribution in [0.15, 0.2) is 51.9 Å². The Morgan fingerprint density at radius 3 is 2.63 bits per heavy atom. The van der Waals surface area contributed by atoms with Gasteiger partial charge in [0.2, 0.25) is 0 Å². The third-order valence-electron chi connectivity index (χ3n) is 5.93. The molecule has 1 aromatic carbocycles. The number of aromatic amines is 1. The molecule has 4 aromatic rings. The van der Waals surface area contributed by atoms with Crippen LogP contribution in [0, 0.1) is 5.92 Å². The van der Waals surface area contributed by atoms with Crippen LogP contribution in [-0.2, 0) is 18.6 Å². The van der Waals surface area contributed by atoms with Gasteiger partial charge < -0.3 is 14.1 Å². The van der Waals surface area contributed by atoms with Gasteiger partial charge >= 0.3 is 0 Å². The van der Waals surface area contributed by atoms with E-state index in [2.05, 4.69) is 60.0 Å². The van der Waals surface area contributed by atoms with Crippen LogP contribution >= 0.6 is 0 Å². The summed E-state index contributed by atoms with van der Waals surface area (Å²) in [5.41, 5.74) is 1.01. The van der Waals surface area contributed by atoms with Gasteiger partial charge in [-0.2, -0.15) is 0 Å². The first-order chi connectivity index (χ1) is 16.7. The van der Waals surface area contributed by atoms with Crippen molar-refractivity contribution in [2.24, 2.45) is 5.92 Å². The summed E-state index contributed by atoms with van der Waals surface area (Å²) in [7, 11) is 0. The fraction of sp³-hybridized carbons (Fsp3) is 0.462. The molecule has 186 valence electrons. The van der Waals surface area contributed by atoms with E-state index in [1.54, 1.807) is 6.26 Å². The minimum Gasteiger partial charge on any atom is -0.494 e. The Morgan fingerprint density at radius 1 is 1.17 bits per heavy atom. The lowest BCUT2D eigenvalue weighted by Crippen LogP contribution is -2.37. The Kier molecular flexibility index (Phi) is 7.07. The largest absolute Gasteiger partial charge is 0.494 e. The van der Waals surface area contributed by atoms with Gasteiger partial charge in [0.15, 0.2) is 5.82 Å². The molecule has 0 fully saturated rings. The lowest BCUT2D eigenvalue weighted by Gasteiger charge is -2.34. The molecule has 1 atom stereocenters. The van der Waals surface area contributed by atoms with E-state index in [1.165, 1.54) is 0 Å². The van der Waals surface area contributed by atoms with Crippen molar-refractivity contribution in [2.75, 3.05) is 6.61 Å². The van der Waals surface area contributed by atoms with Crippen LogP contribution in [0.4, 0.5) is 0 Å². The molecule has 0 saturated carbocycles. The standard InChI is InChI=1S/C26H34N6O3/c1-7-34-20-10-11-22-18(14-20)13-19(25(33)27-22)15-31(16-21-9-8-12-35-21)23(17(2)3)24-28-29-30-32(24)26(4,5)6/h8-14,17,23H,7,15-16H2,1-6H3,(H,27,33)/t23-/m1/s1. The number of hydrogen-bond acceptors (Lipinski definition) is 7. The van der Waals surface area contributed by atoms with Gasteiger partial charge in [0.05, 0.1) is 31.0 Å². The average Bonchev–Trinajstić information content (AvgIpc) is 3.47. The predicted molar refractivity (Wildman–Crippen MR) is 134 cm³/mol. The van der Waals surface area contributed by atoms with Crippen molar-refractivity contribution in [3.8, 4) is 5.75 Å². The number of aromatic nitrogens is 5. The van der Waals surface area contributed by atoms with Crippen LogP contribution in [-0.4, -0.2) is 36.7 Å². The molecule has 0 radical (unpaired) electrons. The van der Waals surface area contributed by atoms with Crippen LogP contribution in [0.25, 0.3) is 10.9 Å². The van der Waals surface area contributed by atoms with Crippen molar-refractivity contribution in [3.05, 3.63) is 70.2 Å². The van der Waals surface area contributed by atoms with Gasteiger partial charge in [0, 0.05) is 23.0 Å². The summed E-state index contributed by atoms with van der Waals surface area (Å²) in [5.74, 6) is 2.51. The van der Waals surface area contributed by atoms with Gasteiger partial charge in [-0.05, 0) is 80.4 Å². The van der Waals surface area contributed by atoms with Crippen LogP contribution in [0.2, 0.25) is 0 Å². The monoisotopic (exact) mass is 478 g/mol. The molecule has 0 aliphatic rings. The molecular weight excluding hydrogens is 444 g/mol. The Hall–Kier alpha value is -3.46. The maximum Gasteiger partial charge on any atom is 0.252 e. The fourth-order valence-corrected chi connectivity index (χ4v) is 4.42. The smallest absolute Gasteiger partial charge is 0.252 e. The number of nitrogens with one attached hydrogen (secondary N) is 1. The van der Waals surface area contributed by atoms with Crippen molar-refractivity contribution < 1.29 is 9.15 Å². The minimum absolute atomic E-state index is 0.121. The Bertz CT molecular complexity index is 1320. The van der Waals surface area contributed by atoms with E-state index in [9.17, 15) is 4.79 Å². The number of fused-ring (bicyclic) bond motifs is 1. The number of benzene rings is 1. The molecule has 0 bridgehead atoms. The summed E-state index contributed by atoms with van der Waals surface area (Å²) in [6.45, 7) is 13.9. The number of H-pyrrole nitrogens is 1. The van der Waals surface area contributed by atoms with E-state index in [0.29, 0.717) is 25.3 Å². The van der Waals surface area contributed by atoms with Crippen molar-refractivity contribution in [1.29, 1.82) is 0 Å². The molecule has 3 heterocycles. The van der Waals surface area contributed by atoms with Gasteiger partial charge in [-0.3, -0.25) is 9.69 Å². The molecule has 0 amide bonds. The summed E-state index contributed by atoms with van der Waals surface area (Å²) in [5, 5.41) is 13.6. The maximum absolute atomic E-state index is 13.1. The summed E-state index contributed by atoms with van der Waals surface area (Å²) in [6.07, 6.45) is 1.66. The van der Waals surface area contributed by atoms with E-state index in [4.69, 9.17) is 9.15 Å². The van der Waals surface area contributed by atoms with Crippen molar-refractivity contribution in [1.82, 2.24) is 30.1 Å². The Balaban J connectivity index is 1.78. The molecule has 4 rings (SSSR count). The number of rotatable bonds is 9. The van der Waals surface area contributed by atoms with Gasteiger partial charge in [-0.15, -0.1) is 5.10 Å². The summed E-state index contributed by atoms with van der Waals surface area (Å²) in [4.78, 5) is 18.3. The molecule has 0 aliphatic heterocycles. The second-order valence-corrected chi connectivity index (χ2v) is 10.1. The van der Waals surface area contributed by atoms with E-state index in [0.717, 1.165) is 28.2 Å². The Morgan fingerprint density at radius 2 is 1.97 bits per heavy atom. The lowest BCUT2D eigenvalue weighted by atomic mass is 9.99. The highest BCUT2D eigenvalue weighted by molar-refractivity contribution is 5.80.